The Kier molecular flexibility index (Phi) is 6.18. The van der Waals surface area contributed by atoms with Crippen molar-refractivity contribution in [2.75, 3.05) is 32.8 Å². The zero-order valence-electron chi connectivity index (χ0n) is 15.3. The largest absolute Gasteiger partial charge is 0.491 e. The van der Waals surface area contributed by atoms with E-state index in [9.17, 15) is 14.4 Å². The van der Waals surface area contributed by atoms with Crippen molar-refractivity contribution < 1.29 is 23.9 Å². The van der Waals surface area contributed by atoms with Gasteiger partial charge in [-0.25, -0.2) is 0 Å². The fourth-order valence-electron chi connectivity index (χ4n) is 2.75. The number of hydrogen-bond acceptors (Lipinski definition) is 6. The highest BCUT2D eigenvalue weighted by Crippen LogP contribution is 2.32. The number of thioether (sulfide) groups is 1. The Balaban J connectivity index is 1.66. The van der Waals surface area contributed by atoms with Gasteiger partial charge in [-0.1, -0.05) is 12.1 Å². The standard InChI is InChI=1S/C19H22N2O5S/c1-13(2)26-15-5-3-14(4-6-15)11-16-18(23)21(19(24)27-16)12-17(22)20-7-9-25-10-8-20/h3-6,11,13H,7-10,12H2,1-2H3. The Morgan fingerprint density at radius 1 is 1.22 bits per heavy atom. The maximum absolute atomic E-state index is 12.5. The molecule has 2 aliphatic heterocycles. The molecule has 8 heteroatoms. The number of benzene rings is 1. The minimum atomic E-state index is -0.436. The van der Waals surface area contributed by atoms with Crippen molar-refractivity contribution in [1.29, 1.82) is 0 Å². The van der Waals surface area contributed by atoms with Gasteiger partial charge >= 0.3 is 0 Å². The van der Waals surface area contributed by atoms with Crippen molar-refractivity contribution in [3.63, 3.8) is 0 Å². The predicted octanol–water partition coefficient (Wildman–Crippen LogP) is 2.37. The Morgan fingerprint density at radius 3 is 2.52 bits per heavy atom. The molecule has 3 amide bonds. The molecule has 0 saturated carbocycles. The lowest BCUT2D eigenvalue weighted by atomic mass is 10.2. The molecule has 0 radical (unpaired) electrons. The molecule has 2 saturated heterocycles. The molecule has 0 aromatic heterocycles. The number of carbonyl (C=O) groups excluding carboxylic acids is 3. The maximum Gasteiger partial charge on any atom is 0.294 e. The van der Waals surface area contributed by atoms with E-state index in [1.54, 1.807) is 11.0 Å². The Morgan fingerprint density at radius 2 is 1.89 bits per heavy atom. The summed E-state index contributed by atoms with van der Waals surface area (Å²) in [6.07, 6.45) is 1.74. The van der Waals surface area contributed by atoms with Crippen LogP contribution in [-0.2, 0) is 14.3 Å². The van der Waals surface area contributed by atoms with Crippen molar-refractivity contribution in [1.82, 2.24) is 9.80 Å². The van der Waals surface area contributed by atoms with Crippen molar-refractivity contribution in [3.05, 3.63) is 34.7 Å². The van der Waals surface area contributed by atoms with Crippen LogP contribution < -0.4 is 4.74 Å². The fraction of sp³-hybridized carbons (Fsp3) is 0.421. The fourth-order valence-corrected chi connectivity index (χ4v) is 3.59. The molecule has 1 aromatic carbocycles. The van der Waals surface area contributed by atoms with Gasteiger partial charge in [0.25, 0.3) is 11.1 Å². The number of rotatable bonds is 5. The zero-order chi connectivity index (χ0) is 19.4. The number of amides is 3. The van der Waals surface area contributed by atoms with Crippen molar-refractivity contribution >= 4 is 34.9 Å². The zero-order valence-corrected chi connectivity index (χ0v) is 16.2. The number of hydrogen-bond donors (Lipinski definition) is 0. The molecule has 0 bridgehead atoms. The number of carbonyl (C=O) groups is 3. The van der Waals surface area contributed by atoms with E-state index in [1.807, 2.05) is 38.1 Å². The van der Waals surface area contributed by atoms with E-state index in [4.69, 9.17) is 9.47 Å². The van der Waals surface area contributed by atoms with Crippen molar-refractivity contribution in [3.8, 4) is 5.75 Å². The van der Waals surface area contributed by atoms with Crippen LogP contribution in [0, 0.1) is 0 Å². The predicted molar refractivity (Wildman–Crippen MR) is 102 cm³/mol. The second-order valence-corrected chi connectivity index (χ2v) is 7.49. The molecule has 2 heterocycles. The van der Waals surface area contributed by atoms with Gasteiger partial charge in [0, 0.05) is 13.1 Å². The first-order valence-corrected chi connectivity index (χ1v) is 9.63. The van der Waals surface area contributed by atoms with Gasteiger partial charge < -0.3 is 14.4 Å². The summed E-state index contributed by atoms with van der Waals surface area (Å²) in [6, 6.07) is 7.28. The van der Waals surface area contributed by atoms with Crippen LogP contribution in [0.25, 0.3) is 6.08 Å². The third-order valence-corrected chi connectivity index (χ3v) is 4.99. The van der Waals surface area contributed by atoms with Crippen LogP contribution in [0.1, 0.15) is 19.4 Å². The van der Waals surface area contributed by atoms with Gasteiger partial charge in [-0.05, 0) is 49.4 Å². The summed E-state index contributed by atoms with van der Waals surface area (Å²) < 4.78 is 10.8. The molecule has 0 atom stereocenters. The Labute approximate surface area is 162 Å². The van der Waals surface area contributed by atoms with Crippen LogP contribution in [0.15, 0.2) is 29.2 Å². The molecule has 3 rings (SSSR count). The van der Waals surface area contributed by atoms with E-state index < -0.39 is 11.1 Å². The Hall–Kier alpha value is -2.32. The number of imide groups is 1. The van der Waals surface area contributed by atoms with Crippen LogP contribution in [0.4, 0.5) is 4.79 Å². The SMILES string of the molecule is CC(C)Oc1ccc(C=C2SC(=O)N(CC(=O)N3CCOCC3)C2=O)cc1. The monoisotopic (exact) mass is 390 g/mol. The van der Waals surface area contributed by atoms with E-state index in [1.165, 1.54) is 0 Å². The summed E-state index contributed by atoms with van der Waals surface area (Å²) in [4.78, 5) is 40.0. The summed E-state index contributed by atoms with van der Waals surface area (Å²) in [5.74, 6) is 0.0671. The summed E-state index contributed by atoms with van der Waals surface area (Å²) in [5.41, 5.74) is 0.788. The van der Waals surface area contributed by atoms with Gasteiger partial charge in [0.1, 0.15) is 12.3 Å². The van der Waals surface area contributed by atoms with Crippen LogP contribution in [0.2, 0.25) is 0 Å². The molecular weight excluding hydrogens is 368 g/mol. The maximum atomic E-state index is 12.5. The highest BCUT2D eigenvalue weighted by Gasteiger charge is 2.37. The van der Waals surface area contributed by atoms with Gasteiger partial charge in [0.15, 0.2) is 0 Å². The average molecular weight is 390 g/mol. The lowest BCUT2D eigenvalue weighted by Gasteiger charge is -2.28. The second kappa shape index (κ2) is 8.58. The third-order valence-electron chi connectivity index (χ3n) is 4.08. The summed E-state index contributed by atoms with van der Waals surface area (Å²) >= 11 is 0.852. The third kappa shape index (κ3) is 4.90. The van der Waals surface area contributed by atoms with Gasteiger partial charge in [0.2, 0.25) is 5.91 Å². The molecule has 0 spiro atoms. The Bertz CT molecular complexity index is 754. The molecule has 0 unspecified atom stereocenters. The number of morpholine rings is 1. The van der Waals surface area contributed by atoms with E-state index in [2.05, 4.69) is 0 Å². The van der Waals surface area contributed by atoms with Crippen LogP contribution in [0.3, 0.4) is 0 Å². The lowest BCUT2D eigenvalue weighted by Crippen LogP contribution is -2.46. The van der Waals surface area contributed by atoms with Crippen LogP contribution in [-0.4, -0.2) is 65.8 Å². The molecule has 2 aliphatic rings. The summed E-state index contributed by atoms with van der Waals surface area (Å²) in [7, 11) is 0. The average Bonchev–Trinajstić information content (AvgIpc) is 2.91. The van der Waals surface area contributed by atoms with Gasteiger partial charge in [0.05, 0.1) is 24.2 Å². The molecule has 7 nitrogen and oxygen atoms in total. The van der Waals surface area contributed by atoms with E-state index >= 15 is 0 Å². The summed E-state index contributed by atoms with van der Waals surface area (Å²) in [5, 5.41) is -0.423. The van der Waals surface area contributed by atoms with Crippen LogP contribution >= 0.6 is 11.8 Å². The highest BCUT2D eigenvalue weighted by atomic mass is 32.2. The van der Waals surface area contributed by atoms with E-state index in [-0.39, 0.29) is 18.6 Å². The quantitative estimate of drug-likeness (QED) is 0.719. The van der Waals surface area contributed by atoms with E-state index in [0.29, 0.717) is 31.2 Å². The smallest absolute Gasteiger partial charge is 0.294 e. The van der Waals surface area contributed by atoms with Gasteiger partial charge in [-0.3, -0.25) is 19.3 Å². The van der Waals surface area contributed by atoms with Crippen molar-refractivity contribution in [2.24, 2.45) is 0 Å². The summed E-state index contributed by atoms with van der Waals surface area (Å²) in [6.45, 7) is 5.58. The van der Waals surface area contributed by atoms with Gasteiger partial charge in [-0.2, -0.15) is 0 Å². The highest BCUT2D eigenvalue weighted by molar-refractivity contribution is 8.18. The molecule has 0 aliphatic carbocycles. The first-order valence-electron chi connectivity index (χ1n) is 8.81. The number of nitrogens with zero attached hydrogens (tertiary/aromatic N) is 2. The molecule has 0 N–H and O–H groups in total. The van der Waals surface area contributed by atoms with Gasteiger partial charge in [-0.15, -0.1) is 0 Å². The van der Waals surface area contributed by atoms with Crippen LogP contribution in [0.5, 0.6) is 5.75 Å². The normalized spacial score (nSPS) is 19.3. The molecule has 27 heavy (non-hydrogen) atoms. The second-order valence-electron chi connectivity index (χ2n) is 6.50. The lowest BCUT2D eigenvalue weighted by molar-refractivity contribution is -0.139. The van der Waals surface area contributed by atoms with E-state index in [0.717, 1.165) is 28.0 Å². The molecular formula is C19H22N2O5S. The first-order chi connectivity index (χ1) is 12.9. The molecule has 2 fully saturated rings. The molecule has 1 aromatic rings. The minimum Gasteiger partial charge on any atom is -0.491 e. The first kappa shape index (κ1) is 19.4. The molecule has 144 valence electrons. The topological polar surface area (TPSA) is 76.2 Å². The number of ether oxygens (including phenoxy) is 2. The van der Waals surface area contributed by atoms with Crippen molar-refractivity contribution in [2.45, 2.75) is 20.0 Å². The minimum absolute atomic E-state index is 0.0800.